The standard InChI is InChI=1S/C14H22BrNOS/c1-3-16-11-12-6-7-14(13(15)10-12)17-8-5-9-18-4-2/h6-7,10,16H,3-5,8-9,11H2,1-2H3. The van der Waals surface area contributed by atoms with Crippen molar-refractivity contribution in [2.45, 2.75) is 26.8 Å². The lowest BCUT2D eigenvalue weighted by Gasteiger charge is -2.10. The smallest absolute Gasteiger partial charge is 0.133 e. The topological polar surface area (TPSA) is 21.3 Å². The van der Waals surface area contributed by atoms with Crippen LogP contribution in [-0.4, -0.2) is 24.7 Å². The van der Waals surface area contributed by atoms with Crippen LogP contribution in [0.2, 0.25) is 0 Å². The van der Waals surface area contributed by atoms with Crippen molar-refractivity contribution in [1.82, 2.24) is 5.32 Å². The van der Waals surface area contributed by atoms with Crippen LogP contribution in [0.25, 0.3) is 0 Å². The van der Waals surface area contributed by atoms with Crippen LogP contribution in [0, 0.1) is 0 Å². The molecular formula is C14H22BrNOS. The van der Waals surface area contributed by atoms with Crippen LogP contribution in [0.4, 0.5) is 0 Å². The number of thioether (sulfide) groups is 1. The van der Waals surface area contributed by atoms with Crippen molar-refractivity contribution < 1.29 is 4.74 Å². The molecule has 2 nitrogen and oxygen atoms in total. The summed E-state index contributed by atoms with van der Waals surface area (Å²) in [5.74, 6) is 3.30. The largest absolute Gasteiger partial charge is 0.492 e. The minimum atomic E-state index is 0.790. The van der Waals surface area contributed by atoms with Crippen LogP contribution in [0.1, 0.15) is 25.8 Å². The van der Waals surface area contributed by atoms with Gasteiger partial charge < -0.3 is 10.1 Å². The van der Waals surface area contributed by atoms with Crippen molar-refractivity contribution >= 4 is 27.7 Å². The maximum absolute atomic E-state index is 5.76. The van der Waals surface area contributed by atoms with Crippen LogP contribution >= 0.6 is 27.7 Å². The van der Waals surface area contributed by atoms with Gasteiger partial charge in [0.15, 0.2) is 0 Å². The highest BCUT2D eigenvalue weighted by Gasteiger charge is 2.02. The molecular weight excluding hydrogens is 310 g/mol. The first-order valence-electron chi connectivity index (χ1n) is 6.47. The fraction of sp³-hybridized carbons (Fsp3) is 0.571. The van der Waals surface area contributed by atoms with Crippen LogP contribution in [0.5, 0.6) is 5.75 Å². The number of benzene rings is 1. The van der Waals surface area contributed by atoms with Gasteiger partial charge in [0, 0.05) is 6.54 Å². The molecule has 0 heterocycles. The Morgan fingerprint density at radius 3 is 2.83 bits per heavy atom. The van der Waals surface area contributed by atoms with E-state index in [2.05, 4.69) is 47.2 Å². The number of nitrogens with one attached hydrogen (secondary N) is 1. The van der Waals surface area contributed by atoms with Gasteiger partial charge in [-0.3, -0.25) is 0 Å². The Hall–Kier alpha value is -0.190. The lowest BCUT2D eigenvalue weighted by molar-refractivity contribution is 0.316. The molecule has 1 rings (SSSR count). The molecule has 18 heavy (non-hydrogen) atoms. The predicted molar refractivity (Wildman–Crippen MR) is 84.6 cm³/mol. The van der Waals surface area contributed by atoms with E-state index in [9.17, 15) is 0 Å². The zero-order valence-electron chi connectivity index (χ0n) is 11.2. The normalized spacial score (nSPS) is 10.6. The van der Waals surface area contributed by atoms with E-state index in [0.717, 1.165) is 36.3 Å². The first kappa shape index (κ1) is 15.9. The number of halogens is 1. The molecule has 1 aromatic rings. The maximum atomic E-state index is 5.76. The van der Waals surface area contributed by atoms with E-state index in [1.165, 1.54) is 17.1 Å². The summed E-state index contributed by atoms with van der Waals surface area (Å²) in [4.78, 5) is 0. The third kappa shape index (κ3) is 6.12. The molecule has 0 aliphatic carbocycles. The molecule has 1 aromatic carbocycles. The fourth-order valence-corrected chi connectivity index (χ4v) is 2.68. The van der Waals surface area contributed by atoms with Gasteiger partial charge in [0.1, 0.15) is 5.75 Å². The van der Waals surface area contributed by atoms with Gasteiger partial charge in [0.05, 0.1) is 11.1 Å². The summed E-state index contributed by atoms with van der Waals surface area (Å²) in [7, 11) is 0. The molecule has 0 unspecified atom stereocenters. The van der Waals surface area contributed by atoms with E-state index >= 15 is 0 Å². The summed E-state index contributed by atoms with van der Waals surface area (Å²) in [5.41, 5.74) is 1.28. The highest BCUT2D eigenvalue weighted by molar-refractivity contribution is 9.10. The van der Waals surface area contributed by atoms with Gasteiger partial charge in [-0.2, -0.15) is 11.8 Å². The Balaban J connectivity index is 2.37. The summed E-state index contributed by atoms with van der Waals surface area (Å²) in [6.45, 7) is 6.98. The zero-order valence-corrected chi connectivity index (χ0v) is 13.6. The average molecular weight is 332 g/mol. The summed E-state index contributed by atoms with van der Waals surface area (Å²) in [5, 5.41) is 3.31. The minimum Gasteiger partial charge on any atom is -0.492 e. The van der Waals surface area contributed by atoms with E-state index < -0.39 is 0 Å². The van der Waals surface area contributed by atoms with E-state index in [-0.39, 0.29) is 0 Å². The lowest BCUT2D eigenvalue weighted by Crippen LogP contribution is -2.11. The van der Waals surface area contributed by atoms with Crippen molar-refractivity contribution in [3.05, 3.63) is 28.2 Å². The summed E-state index contributed by atoms with van der Waals surface area (Å²) in [6, 6.07) is 6.28. The lowest BCUT2D eigenvalue weighted by atomic mass is 10.2. The number of rotatable bonds is 9. The maximum Gasteiger partial charge on any atom is 0.133 e. The van der Waals surface area contributed by atoms with Gasteiger partial charge in [-0.15, -0.1) is 0 Å². The molecule has 0 saturated heterocycles. The third-order valence-electron chi connectivity index (χ3n) is 2.47. The molecule has 1 N–H and O–H groups in total. The van der Waals surface area contributed by atoms with E-state index in [1.54, 1.807) is 0 Å². The molecule has 0 bridgehead atoms. The predicted octanol–water partition coefficient (Wildman–Crippen LogP) is 4.08. The highest BCUT2D eigenvalue weighted by Crippen LogP contribution is 2.26. The molecule has 0 aromatic heterocycles. The molecule has 0 aliphatic heterocycles. The first-order valence-corrected chi connectivity index (χ1v) is 8.42. The third-order valence-corrected chi connectivity index (χ3v) is 4.08. The Morgan fingerprint density at radius 2 is 2.17 bits per heavy atom. The van der Waals surface area contributed by atoms with Crippen LogP contribution in [0.15, 0.2) is 22.7 Å². The molecule has 0 spiro atoms. The SMILES string of the molecule is CCNCc1ccc(OCCCSCC)c(Br)c1. The Morgan fingerprint density at radius 1 is 1.33 bits per heavy atom. The monoisotopic (exact) mass is 331 g/mol. The van der Waals surface area contributed by atoms with Gasteiger partial charge in [-0.1, -0.05) is 19.9 Å². The second-order valence-electron chi connectivity index (χ2n) is 3.94. The van der Waals surface area contributed by atoms with E-state index in [4.69, 9.17) is 4.74 Å². The van der Waals surface area contributed by atoms with Crippen LogP contribution < -0.4 is 10.1 Å². The molecule has 4 heteroatoms. The van der Waals surface area contributed by atoms with Crippen molar-refractivity contribution in [3.63, 3.8) is 0 Å². The number of ether oxygens (including phenoxy) is 1. The van der Waals surface area contributed by atoms with E-state index in [0.29, 0.717) is 0 Å². The molecule has 102 valence electrons. The minimum absolute atomic E-state index is 0.790. The highest BCUT2D eigenvalue weighted by atomic mass is 79.9. The fourth-order valence-electron chi connectivity index (χ4n) is 1.53. The molecule has 0 aliphatic rings. The van der Waals surface area contributed by atoms with E-state index in [1.807, 2.05) is 17.8 Å². The number of hydrogen-bond acceptors (Lipinski definition) is 3. The molecule has 0 radical (unpaired) electrons. The Labute approximate surface area is 123 Å². The van der Waals surface area contributed by atoms with Crippen molar-refractivity contribution in [1.29, 1.82) is 0 Å². The Kier molecular flexibility index (Phi) is 8.55. The summed E-state index contributed by atoms with van der Waals surface area (Å²) in [6.07, 6.45) is 1.10. The molecule has 0 saturated carbocycles. The summed E-state index contributed by atoms with van der Waals surface area (Å²) >= 11 is 5.52. The average Bonchev–Trinajstić information content (AvgIpc) is 2.38. The van der Waals surface area contributed by atoms with Crippen LogP contribution in [-0.2, 0) is 6.54 Å². The number of hydrogen-bond donors (Lipinski definition) is 1. The quantitative estimate of drug-likeness (QED) is 0.689. The van der Waals surface area contributed by atoms with Gasteiger partial charge in [0.2, 0.25) is 0 Å². The Bertz CT molecular complexity index is 347. The van der Waals surface area contributed by atoms with Crippen molar-refractivity contribution in [2.24, 2.45) is 0 Å². The van der Waals surface area contributed by atoms with Gasteiger partial charge >= 0.3 is 0 Å². The van der Waals surface area contributed by atoms with Crippen molar-refractivity contribution in [3.8, 4) is 5.75 Å². The second kappa shape index (κ2) is 9.70. The summed E-state index contributed by atoms with van der Waals surface area (Å²) < 4.78 is 6.80. The van der Waals surface area contributed by atoms with Gasteiger partial charge in [0.25, 0.3) is 0 Å². The van der Waals surface area contributed by atoms with Gasteiger partial charge in [-0.25, -0.2) is 0 Å². The van der Waals surface area contributed by atoms with Gasteiger partial charge in [-0.05, 0) is 58.1 Å². The van der Waals surface area contributed by atoms with Crippen LogP contribution in [0.3, 0.4) is 0 Å². The van der Waals surface area contributed by atoms with Crippen molar-refractivity contribution in [2.75, 3.05) is 24.7 Å². The molecule has 0 amide bonds. The first-order chi connectivity index (χ1) is 8.77. The zero-order chi connectivity index (χ0) is 13.2. The molecule has 0 fully saturated rings. The molecule has 0 atom stereocenters. The second-order valence-corrected chi connectivity index (χ2v) is 6.19.